The van der Waals surface area contributed by atoms with Gasteiger partial charge in [-0.2, -0.15) is 0 Å². The highest BCUT2D eigenvalue weighted by Gasteiger charge is 2.32. The van der Waals surface area contributed by atoms with Crippen LogP contribution in [0.1, 0.15) is 65.2 Å². The molecule has 4 nitrogen and oxygen atoms in total. The molecule has 0 bridgehead atoms. The number of esters is 1. The van der Waals surface area contributed by atoms with Gasteiger partial charge in [-0.1, -0.05) is 26.2 Å². The minimum absolute atomic E-state index is 0.143. The molecule has 1 aliphatic heterocycles. The number of nitrogens with zero attached hydrogens (tertiary/aromatic N) is 1. The van der Waals surface area contributed by atoms with Crippen LogP contribution in [0.25, 0.3) is 0 Å². The Morgan fingerprint density at radius 2 is 1.76 bits per heavy atom. The molecule has 0 aromatic carbocycles. The highest BCUT2D eigenvalue weighted by Crippen LogP contribution is 2.17. The first kappa shape index (κ1) is 18.4. The van der Waals surface area contributed by atoms with E-state index in [0.29, 0.717) is 0 Å². The van der Waals surface area contributed by atoms with E-state index in [-0.39, 0.29) is 5.97 Å². The molecule has 21 heavy (non-hydrogen) atoms. The summed E-state index contributed by atoms with van der Waals surface area (Å²) < 4.78 is 4.93. The van der Waals surface area contributed by atoms with Crippen LogP contribution in [0.15, 0.2) is 0 Å². The van der Waals surface area contributed by atoms with Crippen LogP contribution in [0.4, 0.5) is 0 Å². The number of likely N-dealkylation sites (N-methyl/N-ethyl adjacent to an activating group) is 1. The van der Waals surface area contributed by atoms with Crippen LogP contribution >= 0.6 is 0 Å². The highest BCUT2D eigenvalue weighted by molar-refractivity contribution is 5.80. The van der Waals surface area contributed by atoms with E-state index >= 15 is 0 Å². The van der Waals surface area contributed by atoms with E-state index in [9.17, 15) is 4.79 Å². The Bertz CT molecular complexity index is 289. The number of ether oxygens (including phenoxy) is 1. The van der Waals surface area contributed by atoms with Gasteiger partial charge in [-0.05, 0) is 65.2 Å². The van der Waals surface area contributed by atoms with Gasteiger partial charge in [-0.15, -0.1) is 0 Å². The maximum absolute atomic E-state index is 11.9. The van der Waals surface area contributed by atoms with Crippen LogP contribution in [0.3, 0.4) is 0 Å². The lowest BCUT2D eigenvalue weighted by molar-refractivity contribution is -0.148. The Balaban J connectivity index is 2.28. The summed E-state index contributed by atoms with van der Waals surface area (Å²) in [6.45, 7) is 8.45. The molecule has 0 aliphatic carbocycles. The molecule has 1 rings (SSSR count). The average Bonchev–Trinajstić information content (AvgIpc) is 2.44. The van der Waals surface area contributed by atoms with Gasteiger partial charge in [0.15, 0.2) is 0 Å². The van der Waals surface area contributed by atoms with E-state index in [0.717, 1.165) is 25.8 Å². The third-order valence-corrected chi connectivity index (χ3v) is 4.55. The van der Waals surface area contributed by atoms with Gasteiger partial charge in [-0.25, -0.2) is 0 Å². The molecule has 1 saturated heterocycles. The second-order valence-corrected chi connectivity index (χ2v) is 6.42. The van der Waals surface area contributed by atoms with Crippen molar-refractivity contribution in [1.82, 2.24) is 10.2 Å². The summed E-state index contributed by atoms with van der Waals surface area (Å²) in [4.78, 5) is 14.5. The Hall–Kier alpha value is -0.610. The fourth-order valence-electron chi connectivity index (χ4n) is 3.23. The Morgan fingerprint density at radius 3 is 2.33 bits per heavy atom. The fraction of sp³-hybridized carbons (Fsp3) is 0.941. The van der Waals surface area contributed by atoms with Crippen LogP contribution in [0.2, 0.25) is 0 Å². The lowest BCUT2D eigenvalue weighted by Crippen LogP contribution is -2.50. The van der Waals surface area contributed by atoms with E-state index in [2.05, 4.69) is 10.2 Å². The molecule has 1 fully saturated rings. The third-order valence-electron chi connectivity index (χ3n) is 4.55. The van der Waals surface area contributed by atoms with Crippen LogP contribution in [0, 0.1) is 0 Å². The number of unbranched alkanes of at least 4 members (excludes halogenated alkanes) is 1. The van der Waals surface area contributed by atoms with Gasteiger partial charge < -0.3 is 15.0 Å². The van der Waals surface area contributed by atoms with Crippen LogP contribution in [-0.2, 0) is 9.53 Å². The van der Waals surface area contributed by atoms with Crippen molar-refractivity contribution in [1.29, 1.82) is 0 Å². The first-order valence-electron chi connectivity index (χ1n) is 8.68. The van der Waals surface area contributed by atoms with E-state index in [4.69, 9.17) is 4.74 Å². The lowest BCUT2D eigenvalue weighted by Gasteiger charge is -2.28. The Kier molecular flexibility index (Phi) is 8.93. The van der Waals surface area contributed by atoms with Crippen molar-refractivity contribution >= 4 is 5.97 Å². The van der Waals surface area contributed by atoms with Crippen LogP contribution in [0.5, 0.6) is 0 Å². The molecule has 1 heterocycles. The predicted octanol–water partition coefficient (Wildman–Crippen LogP) is 2.96. The Morgan fingerprint density at radius 1 is 1.14 bits per heavy atom. The largest absolute Gasteiger partial charge is 0.468 e. The van der Waals surface area contributed by atoms with Gasteiger partial charge in [-0.3, -0.25) is 4.79 Å². The van der Waals surface area contributed by atoms with Gasteiger partial charge >= 0.3 is 5.97 Å². The molecule has 1 aliphatic rings. The van der Waals surface area contributed by atoms with Gasteiger partial charge in [0, 0.05) is 0 Å². The predicted molar refractivity (Wildman–Crippen MR) is 87.5 cm³/mol. The van der Waals surface area contributed by atoms with Crippen molar-refractivity contribution in [3.8, 4) is 0 Å². The summed E-state index contributed by atoms with van der Waals surface area (Å²) in [6, 6.07) is 0. The van der Waals surface area contributed by atoms with Gasteiger partial charge in [0.1, 0.15) is 5.54 Å². The molecule has 4 heteroatoms. The zero-order valence-corrected chi connectivity index (χ0v) is 14.2. The summed E-state index contributed by atoms with van der Waals surface area (Å²) >= 11 is 0. The number of hydrogen-bond acceptors (Lipinski definition) is 4. The molecule has 1 unspecified atom stereocenters. The number of rotatable bonds is 8. The monoisotopic (exact) mass is 298 g/mol. The minimum Gasteiger partial charge on any atom is -0.468 e. The molecule has 0 aromatic rings. The number of nitrogens with one attached hydrogen (secondary N) is 1. The molecule has 124 valence electrons. The van der Waals surface area contributed by atoms with Crippen molar-refractivity contribution in [2.45, 2.75) is 70.8 Å². The quantitative estimate of drug-likeness (QED) is 0.552. The molecule has 1 atom stereocenters. The summed E-state index contributed by atoms with van der Waals surface area (Å²) in [5, 5.41) is 3.28. The standard InChI is InChI=1S/C17H34N2O2/c1-4-18-17(2,16(20)21-3)12-8-11-15-19-13-9-6-5-7-10-14-19/h18H,4-15H2,1-3H3. The van der Waals surface area contributed by atoms with Crippen molar-refractivity contribution in [2.24, 2.45) is 0 Å². The molecule has 0 aromatic heterocycles. The van der Waals surface area contributed by atoms with Gasteiger partial charge in [0.05, 0.1) is 7.11 Å². The molecular formula is C17H34N2O2. The van der Waals surface area contributed by atoms with Crippen LogP contribution in [-0.4, -0.2) is 49.7 Å². The normalized spacial score (nSPS) is 20.3. The summed E-state index contributed by atoms with van der Waals surface area (Å²) in [6.07, 6.45) is 9.95. The smallest absolute Gasteiger partial charge is 0.325 e. The molecule has 0 spiro atoms. The maximum Gasteiger partial charge on any atom is 0.325 e. The second-order valence-electron chi connectivity index (χ2n) is 6.42. The van der Waals surface area contributed by atoms with E-state index in [1.807, 2.05) is 13.8 Å². The zero-order valence-electron chi connectivity index (χ0n) is 14.2. The summed E-state index contributed by atoms with van der Waals surface area (Å²) in [5.41, 5.74) is -0.528. The van der Waals surface area contributed by atoms with Crippen molar-refractivity contribution < 1.29 is 9.53 Å². The van der Waals surface area contributed by atoms with E-state index in [1.165, 1.54) is 58.8 Å². The van der Waals surface area contributed by atoms with Crippen molar-refractivity contribution in [3.05, 3.63) is 0 Å². The van der Waals surface area contributed by atoms with Crippen molar-refractivity contribution in [3.63, 3.8) is 0 Å². The molecule has 0 amide bonds. The van der Waals surface area contributed by atoms with Crippen LogP contribution < -0.4 is 5.32 Å². The second kappa shape index (κ2) is 10.2. The number of hydrogen-bond donors (Lipinski definition) is 1. The minimum atomic E-state index is -0.528. The molecule has 1 N–H and O–H groups in total. The van der Waals surface area contributed by atoms with Crippen molar-refractivity contribution in [2.75, 3.05) is 33.3 Å². The first-order chi connectivity index (χ1) is 10.1. The zero-order chi connectivity index (χ0) is 15.6. The first-order valence-corrected chi connectivity index (χ1v) is 8.68. The highest BCUT2D eigenvalue weighted by atomic mass is 16.5. The third kappa shape index (κ3) is 6.79. The summed E-state index contributed by atoms with van der Waals surface area (Å²) in [5.74, 6) is -0.143. The number of carbonyl (C=O) groups excluding carboxylic acids is 1. The lowest BCUT2D eigenvalue weighted by atomic mass is 9.94. The summed E-state index contributed by atoms with van der Waals surface area (Å²) in [7, 11) is 1.47. The molecule has 0 saturated carbocycles. The number of carbonyl (C=O) groups is 1. The molecular weight excluding hydrogens is 264 g/mol. The molecule has 0 radical (unpaired) electrons. The van der Waals surface area contributed by atoms with Gasteiger partial charge in [0.25, 0.3) is 0 Å². The van der Waals surface area contributed by atoms with Gasteiger partial charge in [0.2, 0.25) is 0 Å². The van der Waals surface area contributed by atoms with E-state index < -0.39 is 5.54 Å². The van der Waals surface area contributed by atoms with E-state index in [1.54, 1.807) is 0 Å². The Labute approximate surface area is 130 Å². The SMILES string of the molecule is CCNC(C)(CCCCN1CCCCCCC1)C(=O)OC. The maximum atomic E-state index is 11.9. The fourth-order valence-corrected chi connectivity index (χ4v) is 3.23. The topological polar surface area (TPSA) is 41.6 Å². The average molecular weight is 298 g/mol. The number of methoxy groups -OCH3 is 1. The number of likely N-dealkylation sites (tertiary alicyclic amines) is 1.